The predicted octanol–water partition coefficient (Wildman–Crippen LogP) is 2.93. The Kier molecular flexibility index (Phi) is 4.17. The van der Waals surface area contributed by atoms with Gasteiger partial charge in [-0.25, -0.2) is 4.39 Å². The van der Waals surface area contributed by atoms with Crippen LogP contribution in [0.2, 0.25) is 0 Å². The van der Waals surface area contributed by atoms with Crippen LogP contribution in [0.15, 0.2) is 22.7 Å². The second-order valence-electron chi connectivity index (χ2n) is 4.81. The summed E-state index contributed by atoms with van der Waals surface area (Å²) in [6, 6.07) is 5.38. The second-order valence-corrected chi connectivity index (χ2v) is 5.67. The quantitative estimate of drug-likeness (QED) is 0.930. The standard InChI is InChI=1S/C13H18BrFN2/c1-9-4-5-17(8-9)13(7-16)10-2-3-12(15)11(14)6-10/h2-3,6,9,13H,4-5,7-8,16H2,1H3. The van der Waals surface area contributed by atoms with Crippen LogP contribution in [-0.4, -0.2) is 24.5 Å². The molecule has 2 unspecified atom stereocenters. The van der Waals surface area contributed by atoms with Crippen LogP contribution >= 0.6 is 15.9 Å². The van der Waals surface area contributed by atoms with Gasteiger partial charge >= 0.3 is 0 Å². The van der Waals surface area contributed by atoms with Gasteiger partial charge in [0.2, 0.25) is 0 Å². The molecule has 0 radical (unpaired) electrons. The van der Waals surface area contributed by atoms with Crippen LogP contribution in [0.3, 0.4) is 0 Å². The first-order valence-electron chi connectivity index (χ1n) is 6.01. The number of nitrogens with zero attached hydrogens (tertiary/aromatic N) is 1. The summed E-state index contributed by atoms with van der Waals surface area (Å²) in [7, 11) is 0. The maximum Gasteiger partial charge on any atom is 0.137 e. The van der Waals surface area contributed by atoms with Crippen molar-refractivity contribution >= 4 is 15.9 Å². The van der Waals surface area contributed by atoms with E-state index >= 15 is 0 Å². The lowest BCUT2D eigenvalue weighted by Crippen LogP contribution is -2.32. The molecule has 1 aliphatic rings. The van der Waals surface area contributed by atoms with Crippen LogP contribution in [0.1, 0.15) is 24.9 Å². The first kappa shape index (κ1) is 13.0. The monoisotopic (exact) mass is 300 g/mol. The fourth-order valence-corrected chi connectivity index (χ4v) is 2.86. The fourth-order valence-electron chi connectivity index (χ4n) is 2.47. The maximum absolute atomic E-state index is 13.2. The van der Waals surface area contributed by atoms with E-state index < -0.39 is 0 Å². The molecule has 94 valence electrons. The van der Waals surface area contributed by atoms with E-state index in [1.54, 1.807) is 0 Å². The summed E-state index contributed by atoms with van der Waals surface area (Å²) in [6.45, 7) is 4.99. The minimum absolute atomic E-state index is 0.205. The minimum atomic E-state index is -0.223. The predicted molar refractivity (Wildman–Crippen MR) is 71.2 cm³/mol. The molecule has 2 N–H and O–H groups in total. The Labute approximate surface area is 110 Å². The largest absolute Gasteiger partial charge is 0.329 e. The van der Waals surface area contributed by atoms with Crippen molar-refractivity contribution in [2.24, 2.45) is 11.7 Å². The number of likely N-dealkylation sites (tertiary alicyclic amines) is 1. The number of nitrogens with two attached hydrogens (primary N) is 1. The Morgan fingerprint density at radius 1 is 1.59 bits per heavy atom. The van der Waals surface area contributed by atoms with Crippen LogP contribution in [-0.2, 0) is 0 Å². The molecule has 0 saturated carbocycles. The smallest absolute Gasteiger partial charge is 0.137 e. The van der Waals surface area contributed by atoms with Crippen molar-refractivity contribution in [3.63, 3.8) is 0 Å². The molecule has 0 bridgehead atoms. The molecule has 0 amide bonds. The van der Waals surface area contributed by atoms with Gasteiger partial charge in [0, 0.05) is 19.1 Å². The first-order valence-corrected chi connectivity index (χ1v) is 6.80. The summed E-state index contributed by atoms with van der Waals surface area (Å²) >= 11 is 3.23. The van der Waals surface area contributed by atoms with E-state index in [-0.39, 0.29) is 11.9 Å². The molecule has 0 spiro atoms. The van der Waals surface area contributed by atoms with Crippen LogP contribution in [0.4, 0.5) is 4.39 Å². The molecule has 1 aromatic carbocycles. The van der Waals surface area contributed by atoms with Crippen LogP contribution < -0.4 is 5.73 Å². The zero-order valence-corrected chi connectivity index (χ0v) is 11.6. The van der Waals surface area contributed by atoms with Crippen molar-refractivity contribution in [2.45, 2.75) is 19.4 Å². The molecule has 0 aliphatic carbocycles. The molecule has 2 nitrogen and oxygen atoms in total. The van der Waals surface area contributed by atoms with Gasteiger partial charge in [0.15, 0.2) is 0 Å². The lowest BCUT2D eigenvalue weighted by Gasteiger charge is -2.27. The Morgan fingerprint density at radius 2 is 2.35 bits per heavy atom. The molecule has 4 heteroatoms. The molecule has 2 atom stereocenters. The summed E-state index contributed by atoms with van der Waals surface area (Å²) in [4.78, 5) is 2.39. The second kappa shape index (κ2) is 5.46. The van der Waals surface area contributed by atoms with Gasteiger partial charge in [0.05, 0.1) is 4.47 Å². The molecule has 0 aromatic heterocycles. The van der Waals surface area contributed by atoms with E-state index in [2.05, 4.69) is 27.8 Å². The summed E-state index contributed by atoms with van der Waals surface area (Å²) in [5.74, 6) is 0.507. The lowest BCUT2D eigenvalue weighted by atomic mass is 10.1. The average Bonchev–Trinajstić information content (AvgIpc) is 2.71. The summed E-state index contributed by atoms with van der Waals surface area (Å²) < 4.78 is 13.7. The minimum Gasteiger partial charge on any atom is -0.329 e. The molecule has 1 heterocycles. The van der Waals surface area contributed by atoms with E-state index in [0.717, 1.165) is 24.6 Å². The molecule has 1 fully saturated rings. The third-order valence-corrected chi connectivity index (χ3v) is 4.06. The molecule has 1 aromatic rings. The third-order valence-electron chi connectivity index (χ3n) is 3.45. The zero-order chi connectivity index (χ0) is 12.4. The van der Waals surface area contributed by atoms with Gasteiger partial charge in [-0.3, -0.25) is 4.90 Å². The number of rotatable bonds is 3. The van der Waals surface area contributed by atoms with E-state index in [1.807, 2.05) is 12.1 Å². The highest BCUT2D eigenvalue weighted by atomic mass is 79.9. The Morgan fingerprint density at radius 3 is 2.88 bits per heavy atom. The zero-order valence-electron chi connectivity index (χ0n) is 10.00. The normalized spacial score (nSPS) is 22.9. The first-order chi connectivity index (χ1) is 8.11. The average molecular weight is 301 g/mol. The lowest BCUT2D eigenvalue weighted by molar-refractivity contribution is 0.243. The van der Waals surface area contributed by atoms with Crippen molar-refractivity contribution in [2.75, 3.05) is 19.6 Å². The van der Waals surface area contributed by atoms with Gasteiger partial charge in [-0.1, -0.05) is 13.0 Å². The van der Waals surface area contributed by atoms with E-state index in [0.29, 0.717) is 11.0 Å². The number of hydrogen-bond donors (Lipinski definition) is 1. The highest BCUT2D eigenvalue weighted by Gasteiger charge is 2.26. The van der Waals surface area contributed by atoms with Crippen LogP contribution in [0, 0.1) is 11.7 Å². The molecule has 2 rings (SSSR count). The van der Waals surface area contributed by atoms with Crippen molar-refractivity contribution < 1.29 is 4.39 Å². The Balaban J connectivity index is 2.20. The number of halogens is 2. The molecular formula is C13H18BrFN2. The third kappa shape index (κ3) is 2.87. The van der Waals surface area contributed by atoms with Gasteiger partial charge in [-0.15, -0.1) is 0 Å². The van der Waals surface area contributed by atoms with Gasteiger partial charge in [-0.05, 0) is 52.5 Å². The maximum atomic E-state index is 13.2. The Hall–Kier alpha value is -0.450. The number of benzene rings is 1. The summed E-state index contributed by atoms with van der Waals surface area (Å²) in [5.41, 5.74) is 6.96. The molecule has 1 aliphatic heterocycles. The summed E-state index contributed by atoms with van der Waals surface area (Å²) in [5, 5.41) is 0. The molecular weight excluding hydrogens is 283 g/mol. The molecule has 17 heavy (non-hydrogen) atoms. The van der Waals surface area contributed by atoms with Gasteiger partial charge in [0.1, 0.15) is 5.82 Å². The van der Waals surface area contributed by atoms with Crippen LogP contribution in [0.5, 0.6) is 0 Å². The SMILES string of the molecule is CC1CCN(C(CN)c2ccc(F)c(Br)c2)C1. The van der Waals surface area contributed by atoms with Crippen LogP contribution in [0.25, 0.3) is 0 Å². The van der Waals surface area contributed by atoms with Gasteiger partial charge in [-0.2, -0.15) is 0 Å². The highest BCUT2D eigenvalue weighted by Crippen LogP contribution is 2.29. The van der Waals surface area contributed by atoms with Crippen molar-refractivity contribution in [1.82, 2.24) is 4.90 Å². The van der Waals surface area contributed by atoms with Crippen molar-refractivity contribution in [3.8, 4) is 0 Å². The Bertz CT molecular complexity index is 397. The van der Waals surface area contributed by atoms with E-state index in [1.165, 1.54) is 12.5 Å². The van der Waals surface area contributed by atoms with Crippen molar-refractivity contribution in [3.05, 3.63) is 34.1 Å². The van der Waals surface area contributed by atoms with E-state index in [4.69, 9.17) is 5.73 Å². The summed E-state index contributed by atoms with van der Waals surface area (Å²) in [6.07, 6.45) is 1.22. The fraction of sp³-hybridized carbons (Fsp3) is 0.538. The topological polar surface area (TPSA) is 29.3 Å². The van der Waals surface area contributed by atoms with Crippen molar-refractivity contribution in [1.29, 1.82) is 0 Å². The van der Waals surface area contributed by atoms with Gasteiger partial charge < -0.3 is 5.73 Å². The van der Waals surface area contributed by atoms with E-state index in [9.17, 15) is 4.39 Å². The highest BCUT2D eigenvalue weighted by molar-refractivity contribution is 9.10. The molecule has 1 saturated heterocycles. The number of hydrogen-bond acceptors (Lipinski definition) is 2. The van der Waals surface area contributed by atoms with Gasteiger partial charge in [0.25, 0.3) is 0 Å².